The van der Waals surface area contributed by atoms with E-state index in [4.69, 9.17) is 10.2 Å². The molecule has 0 saturated heterocycles. The van der Waals surface area contributed by atoms with E-state index in [0.717, 1.165) is 24.0 Å². The van der Waals surface area contributed by atoms with Crippen molar-refractivity contribution in [2.45, 2.75) is 215 Å². The number of hydrogen-bond acceptors (Lipinski definition) is 16. The van der Waals surface area contributed by atoms with Gasteiger partial charge in [-0.05, 0) is 99.3 Å². The molecule has 0 aliphatic heterocycles. The average molecular weight is 1580 g/mol. The lowest BCUT2D eigenvalue weighted by molar-refractivity contribution is -0.142. The summed E-state index contributed by atoms with van der Waals surface area (Å²) in [6.45, 7) is 0.970. The Bertz CT molecular complexity index is 3480. The van der Waals surface area contributed by atoms with Gasteiger partial charge in [-0.1, -0.05) is 160 Å². The smallest absolute Gasteiger partial charge is 0.326 e. The normalized spacial score (nSPS) is 12.9. The van der Waals surface area contributed by atoms with E-state index in [2.05, 4.69) is 69.1 Å². The van der Waals surface area contributed by atoms with Gasteiger partial charge in [-0.25, -0.2) is 38.4 Å². The summed E-state index contributed by atoms with van der Waals surface area (Å²) in [5.74, 6) is -11.1. The number of aliphatic carboxylic acids is 6. The number of amides is 14. The van der Waals surface area contributed by atoms with Crippen molar-refractivity contribution in [2.75, 3.05) is 26.2 Å². The van der Waals surface area contributed by atoms with Crippen molar-refractivity contribution in [3.8, 4) is 0 Å². The number of hydrogen-bond donors (Lipinski definition) is 19. The molecular weight excluding hydrogens is 1470 g/mol. The predicted octanol–water partition coefficient (Wildman–Crippen LogP) is 4.30. The topological polar surface area (TPSA) is 551 Å². The molecule has 4 rings (SSSR count). The number of imide groups is 1. The zero-order chi connectivity index (χ0) is 82.7. The van der Waals surface area contributed by atoms with Crippen LogP contribution in [-0.4, -0.2) is 201 Å². The number of rotatable bonds is 56. The number of carbonyl (C=O) groups is 16. The Hall–Kier alpha value is -12.2. The minimum absolute atomic E-state index is 0.0252. The molecule has 0 radical (unpaired) electrons. The number of carbonyl (C=O) groups excluding carboxylic acids is 10. The number of unbranched alkanes of at least 4 members (excludes halogenated alkanes) is 10. The summed E-state index contributed by atoms with van der Waals surface area (Å²) in [6, 6.07) is 20.1. The second kappa shape index (κ2) is 53.6. The minimum Gasteiger partial charge on any atom is -0.481 e. The Morgan fingerprint density at radius 1 is 0.239 bits per heavy atom. The van der Waals surface area contributed by atoms with Gasteiger partial charge in [0.15, 0.2) is 0 Å². The van der Waals surface area contributed by atoms with Gasteiger partial charge in [0.05, 0.1) is 0 Å². The van der Waals surface area contributed by atoms with E-state index in [9.17, 15) is 97.1 Å². The molecule has 113 heavy (non-hydrogen) atoms. The monoisotopic (exact) mass is 1580 g/mol. The van der Waals surface area contributed by atoms with Crippen LogP contribution in [0.2, 0.25) is 0 Å². The number of nitrogens with one attached hydrogen (secondary N) is 13. The molecule has 19 N–H and O–H groups in total. The van der Waals surface area contributed by atoms with Crippen LogP contribution in [0.3, 0.4) is 0 Å². The number of carboxylic acid groups (broad SMARTS) is 6. The van der Waals surface area contributed by atoms with E-state index in [-0.39, 0.29) is 102 Å². The first-order chi connectivity index (χ1) is 54.1. The second-order valence-electron chi connectivity index (χ2n) is 27.0. The Balaban J connectivity index is 1.26. The van der Waals surface area contributed by atoms with Crippen LogP contribution in [0, 0.1) is 0 Å². The van der Waals surface area contributed by atoms with E-state index in [1.807, 2.05) is 0 Å². The first-order valence-electron chi connectivity index (χ1n) is 37.9. The molecule has 4 aromatic rings. The molecule has 0 fully saturated rings. The van der Waals surface area contributed by atoms with E-state index < -0.39 is 158 Å². The SMILES string of the molecule is O=C(O)CCC(NC(=O)NC(CCCCNC(=O)CCCCCCCNC(=O)C(Cc1ccccc1)NC(=O)C(Cc1ccccc1)NC(=O)NC(=O)NC(Cc1ccccc1)C(=O)NC(Cc1ccccc1)C(=O)NCCCCCCCC(=O)NCCCCC(NC(=O)NC(CCC(=O)O)C(=O)O)C(=O)O)C(=O)O)C(=O)O. The highest BCUT2D eigenvalue weighted by Gasteiger charge is 2.32. The molecule has 0 aromatic heterocycles. The third-order valence-corrected chi connectivity index (χ3v) is 17.8. The third-order valence-electron chi connectivity index (χ3n) is 17.8. The number of carboxylic acids is 6. The highest BCUT2D eigenvalue weighted by molar-refractivity contribution is 5.99. The van der Waals surface area contributed by atoms with Crippen molar-refractivity contribution in [1.29, 1.82) is 0 Å². The maximum Gasteiger partial charge on any atom is 0.326 e. The number of benzene rings is 4. The van der Waals surface area contributed by atoms with E-state index in [0.29, 0.717) is 75.3 Å². The zero-order valence-electron chi connectivity index (χ0n) is 63.1. The van der Waals surface area contributed by atoms with Crippen LogP contribution in [0.5, 0.6) is 0 Å². The summed E-state index contributed by atoms with van der Waals surface area (Å²) in [5, 5.41) is 88.2. The lowest BCUT2D eigenvalue weighted by Crippen LogP contribution is -2.59. The van der Waals surface area contributed by atoms with Gasteiger partial charge in [-0.2, -0.15) is 0 Å². The van der Waals surface area contributed by atoms with Crippen LogP contribution in [0.4, 0.5) is 19.2 Å². The quantitative estimate of drug-likeness (QED) is 0.0274. The number of urea groups is 4. The maximum absolute atomic E-state index is 14.4. The fourth-order valence-electron chi connectivity index (χ4n) is 11.7. The van der Waals surface area contributed by atoms with Crippen molar-refractivity contribution in [3.05, 3.63) is 144 Å². The molecular formula is C78H107N13O22. The molecule has 8 atom stereocenters. The lowest BCUT2D eigenvalue weighted by atomic mass is 10.0. The fraction of sp³-hybridized carbons (Fsp3) is 0.487. The predicted molar refractivity (Wildman–Crippen MR) is 410 cm³/mol. The van der Waals surface area contributed by atoms with Gasteiger partial charge in [0.25, 0.3) is 0 Å². The summed E-state index contributed by atoms with van der Waals surface area (Å²) in [4.78, 5) is 202. The van der Waals surface area contributed by atoms with Crippen LogP contribution in [0.15, 0.2) is 121 Å². The van der Waals surface area contributed by atoms with E-state index in [1.54, 1.807) is 121 Å². The fourth-order valence-corrected chi connectivity index (χ4v) is 11.7. The molecule has 616 valence electrons. The van der Waals surface area contributed by atoms with Crippen molar-refractivity contribution < 1.29 is 107 Å². The molecule has 0 heterocycles. The van der Waals surface area contributed by atoms with Gasteiger partial charge in [0.1, 0.15) is 48.3 Å². The van der Waals surface area contributed by atoms with Gasteiger partial charge >= 0.3 is 59.9 Å². The summed E-state index contributed by atoms with van der Waals surface area (Å²) in [5.41, 5.74) is 2.69. The van der Waals surface area contributed by atoms with E-state index in [1.165, 1.54) is 0 Å². The molecule has 0 saturated carbocycles. The van der Waals surface area contributed by atoms with Crippen molar-refractivity contribution >= 4 is 95.4 Å². The average Bonchev–Trinajstić information content (AvgIpc) is 0.854. The first-order valence-corrected chi connectivity index (χ1v) is 37.9. The van der Waals surface area contributed by atoms with Crippen molar-refractivity contribution in [1.82, 2.24) is 69.1 Å². The Morgan fingerprint density at radius 2 is 0.487 bits per heavy atom. The Labute approximate surface area is 654 Å². The van der Waals surface area contributed by atoms with Crippen molar-refractivity contribution in [2.24, 2.45) is 0 Å². The van der Waals surface area contributed by atoms with Crippen LogP contribution in [0.1, 0.15) is 164 Å². The molecule has 35 nitrogen and oxygen atoms in total. The van der Waals surface area contributed by atoms with Gasteiger partial charge in [0.2, 0.25) is 35.4 Å². The molecule has 0 aliphatic carbocycles. The summed E-state index contributed by atoms with van der Waals surface area (Å²) < 4.78 is 0. The Kier molecular flexibility index (Phi) is 44.2. The summed E-state index contributed by atoms with van der Waals surface area (Å²) in [6.07, 6.45) is 6.37. The second-order valence-corrected chi connectivity index (χ2v) is 27.0. The molecule has 35 heteroatoms. The zero-order valence-corrected chi connectivity index (χ0v) is 63.1. The van der Waals surface area contributed by atoms with Gasteiger partial charge in [0, 0.05) is 77.5 Å². The largest absolute Gasteiger partial charge is 0.481 e. The molecule has 0 bridgehead atoms. The maximum atomic E-state index is 14.4. The highest BCUT2D eigenvalue weighted by Crippen LogP contribution is 2.14. The summed E-state index contributed by atoms with van der Waals surface area (Å²) >= 11 is 0. The van der Waals surface area contributed by atoms with Gasteiger partial charge in [-0.3, -0.25) is 43.7 Å². The van der Waals surface area contributed by atoms with Crippen LogP contribution < -0.4 is 69.1 Å². The van der Waals surface area contributed by atoms with Gasteiger partial charge in [-0.15, -0.1) is 0 Å². The van der Waals surface area contributed by atoms with Gasteiger partial charge < -0.3 is 94.4 Å². The van der Waals surface area contributed by atoms with Crippen LogP contribution in [-0.2, 0) is 83.2 Å². The first kappa shape index (κ1) is 93.2. The standard InChI is InChI=1S/C78H107N13O22/c92-63(79-43-25-21-35-55(71(102)103)85-75(110)87-57(73(106)107)39-41-65(94)95)37-19-3-1-5-23-45-81-67(98)59(47-51-27-11-7-12-28-51)83-69(100)61(49-53-31-15-9-16-32-53)89-77(112)91-78(113)90-62(50-54-33-17-10-18-34-54)70(101)84-60(48-52-29-13-8-14-30-52)68(99)82-46-24-6-2-4-20-38-64(93)80-44-26-22-36-56(72(104)105)86-76(111)88-58(74(108)109)40-42-66(96)97/h7-18,27-34,55-62H,1-6,19-26,35-50H2,(H,79,92)(H,80,93)(H,81,98)(H,82,99)(H,83,100)(H,84,101)(H,94,95)(H,96,97)(H,102,103)(H,104,105)(H,106,107)(H,108,109)(H2,85,87,110)(H2,86,88,111)(H3,89,90,91,112,113). The molecule has 0 spiro atoms. The third kappa shape index (κ3) is 41.4. The van der Waals surface area contributed by atoms with E-state index >= 15 is 0 Å². The molecule has 0 aliphatic rings. The summed E-state index contributed by atoms with van der Waals surface area (Å²) in [7, 11) is 0. The molecule has 8 unspecified atom stereocenters. The Morgan fingerprint density at radius 3 is 0.779 bits per heavy atom. The molecule has 4 aromatic carbocycles. The lowest BCUT2D eigenvalue weighted by Gasteiger charge is -2.25. The van der Waals surface area contributed by atoms with Crippen LogP contribution in [0.25, 0.3) is 0 Å². The van der Waals surface area contributed by atoms with Crippen LogP contribution >= 0.6 is 0 Å². The molecule has 14 amide bonds. The highest BCUT2D eigenvalue weighted by atomic mass is 16.4. The minimum atomic E-state index is -1.54. The van der Waals surface area contributed by atoms with Crippen molar-refractivity contribution in [3.63, 3.8) is 0 Å².